The first-order valence-corrected chi connectivity index (χ1v) is 7.30. The third-order valence-corrected chi connectivity index (χ3v) is 3.18. The minimum absolute atomic E-state index is 0.184. The van der Waals surface area contributed by atoms with E-state index in [1.807, 2.05) is 0 Å². The third-order valence-electron chi connectivity index (χ3n) is 3.18. The molecular weight excluding hydrogens is 316 g/mol. The van der Waals surface area contributed by atoms with Gasteiger partial charge in [0.05, 0.1) is 6.54 Å². The second kappa shape index (κ2) is 8.61. The SMILES string of the molecule is O=C(CNC(=O)NCc1ccc(F)cc1)NCc1ccc(F)cc1. The first-order chi connectivity index (χ1) is 11.5. The predicted molar refractivity (Wildman–Crippen MR) is 84.9 cm³/mol. The third kappa shape index (κ3) is 6.04. The lowest BCUT2D eigenvalue weighted by atomic mass is 10.2. The van der Waals surface area contributed by atoms with Crippen LogP contribution in [0.1, 0.15) is 11.1 Å². The van der Waals surface area contributed by atoms with Crippen molar-refractivity contribution >= 4 is 11.9 Å². The molecule has 2 aromatic rings. The Balaban J connectivity index is 1.64. The molecule has 126 valence electrons. The van der Waals surface area contributed by atoms with Gasteiger partial charge in [-0.25, -0.2) is 13.6 Å². The fourth-order valence-electron chi connectivity index (χ4n) is 1.87. The summed E-state index contributed by atoms with van der Waals surface area (Å²) in [6.07, 6.45) is 0. The van der Waals surface area contributed by atoms with E-state index in [1.54, 1.807) is 24.3 Å². The van der Waals surface area contributed by atoms with E-state index in [0.717, 1.165) is 11.1 Å². The molecule has 5 nitrogen and oxygen atoms in total. The molecule has 0 spiro atoms. The molecule has 3 N–H and O–H groups in total. The van der Waals surface area contributed by atoms with Crippen molar-refractivity contribution in [3.63, 3.8) is 0 Å². The van der Waals surface area contributed by atoms with Crippen molar-refractivity contribution in [1.82, 2.24) is 16.0 Å². The number of carbonyl (C=O) groups is 2. The number of carbonyl (C=O) groups excluding carboxylic acids is 2. The number of halogens is 2. The predicted octanol–water partition coefficient (Wildman–Crippen LogP) is 2.08. The van der Waals surface area contributed by atoms with E-state index in [2.05, 4.69) is 16.0 Å². The van der Waals surface area contributed by atoms with Gasteiger partial charge < -0.3 is 16.0 Å². The number of benzene rings is 2. The van der Waals surface area contributed by atoms with E-state index in [1.165, 1.54) is 24.3 Å². The van der Waals surface area contributed by atoms with Crippen LogP contribution in [0.3, 0.4) is 0 Å². The van der Waals surface area contributed by atoms with Crippen molar-refractivity contribution in [2.75, 3.05) is 6.54 Å². The fourth-order valence-corrected chi connectivity index (χ4v) is 1.87. The molecule has 0 heterocycles. The van der Waals surface area contributed by atoms with Gasteiger partial charge in [0.15, 0.2) is 0 Å². The molecule has 0 bridgehead atoms. The molecule has 2 aromatic carbocycles. The Morgan fingerprint density at radius 3 is 1.67 bits per heavy atom. The van der Waals surface area contributed by atoms with Gasteiger partial charge in [0.2, 0.25) is 5.91 Å². The van der Waals surface area contributed by atoms with E-state index in [-0.39, 0.29) is 37.2 Å². The molecule has 0 radical (unpaired) electrons. The van der Waals surface area contributed by atoms with Crippen molar-refractivity contribution in [3.8, 4) is 0 Å². The summed E-state index contributed by atoms with van der Waals surface area (Å²) in [5.74, 6) is -1.05. The number of rotatable bonds is 6. The number of amides is 3. The summed E-state index contributed by atoms with van der Waals surface area (Å²) >= 11 is 0. The molecule has 0 unspecified atom stereocenters. The van der Waals surface area contributed by atoms with Crippen LogP contribution in [0.15, 0.2) is 48.5 Å². The molecule has 7 heteroatoms. The van der Waals surface area contributed by atoms with Crippen LogP contribution in [-0.4, -0.2) is 18.5 Å². The van der Waals surface area contributed by atoms with Crippen LogP contribution in [0, 0.1) is 11.6 Å². The fraction of sp³-hybridized carbons (Fsp3) is 0.176. The first kappa shape index (κ1) is 17.4. The van der Waals surface area contributed by atoms with Crippen LogP contribution in [0.2, 0.25) is 0 Å². The van der Waals surface area contributed by atoms with Gasteiger partial charge in [-0.3, -0.25) is 4.79 Å². The Bertz CT molecular complexity index is 626. The van der Waals surface area contributed by atoms with Gasteiger partial charge in [0.1, 0.15) is 11.6 Å². The number of urea groups is 1. The minimum Gasteiger partial charge on any atom is -0.350 e. The van der Waals surface area contributed by atoms with Crippen LogP contribution in [0.25, 0.3) is 0 Å². The zero-order valence-electron chi connectivity index (χ0n) is 12.8. The summed E-state index contributed by atoms with van der Waals surface area (Å²) in [6, 6.07) is 11.0. The highest BCUT2D eigenvalue weighted by Crippen LogP contribution is 2.02. The lowest BCUT2D eigenvalue weighted by molar-refractivity contribution is -0.120. The quantitative estimate of drug-likeness (QED) is 0.757. The molecule has 0 aliphatic rings. The minimum atomic E-state index is -0.503. The Hall–Kier alpha value is -2.96. The summed E-state index contributed by atoms with van der Waals surface area (Å²) in [7, 11) is 0. The number of hydrogen-bond acceptors (Lipinski definition) is 2. The molecule has 0 atom stereocenters. The Morgan fingerprint density at radius 1 is 0.708 bits per heavy atom. The normalized spacial score (nSPS) is 10.1. The van der Waals surface area contributed by atoms with Gasteiger partial charge >= 0.3 is 6.03 Å². The van der Waals surface area contributed by atoms with Crippen LogP contribution in [-0.2, 0) is 17.9 Å². The second-order valence-electron chi connectivity index (χ2n) is 5.07. The standard InChI is InChI=1S/C17H17F2N3O2/c18-14-5-1-12(2-6-14)9-20-16(23)11-22-17(24)21-10-13-3-7-15(19)8-4-13/h1-8H,9-11H2,(H,20,23)(H2,21,22,24). The van der Waals surface area contributed by atoms with Crippen LogP contribution in [0.5, 0.6) is 0 Å². The number of hydrogen-bond donors (Lipinski definition) is 3. The van der Waals surface area contributed by atoms with Gasteiger partial charge in [-0.1, -0.05) is 24.3 Å². The Morgan fingerprint density at radius 2 is 1.17 bits per heavy atom. The Labute approximate surface area is 138 Å². The molecule has 0 fully saturated rings. The topological polar surface area (TPSA) is 70.2 Å². The monoisotopic (exact) mass is 333 g/mol. The molecule has 0 saturated carbocycles. The average Bonchev–Trinajstić information content (AvgIpc) is 2.59. The largest absolute Gasteiger partial charge is 0.350 e. The van der Waals surface area contributed by atoms with E-state index >= 15 is 0 Å². The van der Waals surface area contributed by atoms with E-state index < -0.39 is 6.03 Å². The molecule has 0 aliphatic heterocycles. The molecule has 2 rings (SSSR count). The van der Waals surface area contributed by atoms with Crippen LogP contribution < -0.4 is 16.0 Å². The maximum Gasteiger partial charge on any atom is 0.315 e. The van der Waals surface area contributed by atoms with Gasteiger partial charge in [0.25, 0.3) is 0 Å². The smallest absolute Gasteiger partial charge is 0.315 e. The maximum absolute atomic E-state index is 12.7. The second-order valence-corrected chi connectivity index (χ2v) is 5.07. The summed E-state index contributed by atoms with van der Waals surface area (Å²) in [6.45, 7) is 0.289. The van der Waals surface area contributed by atoms with Gasteiger partial charge in [0, 0.05) is 13.1 Å². The van der Waals surface area contributed by atoms with E-state index in [4.69, 9.17) is 0 Å². The van der Waals surface area contributed by atoms with Gasteiger partial charge in [-0.05, 0) is 35.4 Å². The molecular formula is C17H17F2N3O2. The van der Waals surface area contributed by atoms with Crippen molar-refractivity contribution in [1.29, 1.82) is 0 Å². The van der Waals surface area contributed by atoms with Crippen LogP contribution in [0.4, 0.5) is 13.6 Å². The molecule has 0 aliphatic carbocycles. The molecule has 24 heavy (non-hydrogen) atoms. The lowest BCUT2D eigenvalue weighted by Crippen LogP contribution is -2.41. The van der Waals surface area contributed by atoms with E-state index in [0.29, 0.717) is 0 Å². The summed E-state index contributed by atoms with van der Waals surface area (Å²) in [5.41, 5.74) is 1.50. The Kier molecular flexibility index (Phi) is 6.24. The molecule has 0 saturated heterocycles. The van der Waals surface area contributed by atoms with Crippen molar-refractivity contribution in [2.24, 2.45) is 0 Å². The van der Waals surface area contributed by atoms with Crippen molar-refractivity contribution < 1.29 is 18.4 Å². The molecule has 0 aromatic heterocycles. The summed E-state index contributed by atoms with van der Waals surface area (Å²) in [4.78, 5) is 23.2. The highest BCUT2D eigenvalue weighted by molar-refractivity contribution is 5.83. The van der Waals surface area contributed by atoms with Gasteiger partial charge in [-0.2, -0.15) is 0 Å². The first-order valence-electron chi connectivity index (χ1n) is 7.30. The van der Waals surface area contributed by atoms with Crippen LogP contribution >= 0.6 is 0 Å². The van der Waals surface area contributed by atoms with Crippen molar-refractivity contribution in [2.45, 2.75) is 13.1 Å². The highest BCUT2D eigenvalue weighted by atomic mass is 19.1. The zero-order chi connectivity index (χ0) is 17.4. The number of nitrogens with one attached hydrogen (secondary N) is 3. The van der Waals surface area contributed by atoms with Gasteiger partial charge in [-0.15, -0.1) is 0 Å². The highest BCUT2D eigenvalue weighted by Gasteiger charge is 2.05. The van der Waals surface area contributed by atoms with Crippen molar-refractivity contribution in [3.05, 3.63) is 71.3 Å². The molecule has 3 amide bonds. The lowest BCUT2D eigenvalue weighted by Gasteiger charge is -2.08. The average molecular weight is 333 g/mol. The summed E-state index contributed by atoms with van der Waals surface area (Å²) < 4.78 is 25.5. The maximum atomic E-state index is 12.7. The zero-order valence-corrected chi connectivity index (χ0v) is 12.8. The summed E-state index contributed by atoms with van der Waals surface area (Å²) in [5, 5.41) is 7.58. The van der Waals surface area contributed by atoms with E-state index in [9.17, 15) is 18.4 Å².